The van der Waals surface area contributed by atoms with Crippen molar-refractivity contribution in [2.45, 2.75) is 18.9 Å². The molecule has 3 N–H and O–H groups in total. The van der Waals surface area contributed by atoms with E-state index in [0.717, 1.165) is 59.7 Å². The number of anilines is 1. The lowest BCUT2D eigenvalue weighted by Gasteiger charge is -2.22. The summed E-state index contributed by atoms with van der Waals surface area (Å²) >= 11 is 0. The molecular formula is C22H22N6O. The molecule has 0 amide bonds. The van der Waals surface area contributed by atoms with Gasteiger partial charge in [0.15, 0.2) is 0 Å². The number of hydrogen-bond acceptors (Lipinski definition) is 5. The van der Waals surface area contributed by atoms with Crippen LogP contribution >= 0.6 is 0 Å². The predicted molar refractivity (Wildman–Crippen MR) is 112 cm³/mol. The van der Waals surface area contributed by atoms with Crippen molar-refractivity contribution in [1.29, 1.82) is 0 Å². The van der Waals surface area contributed by atoms with Gasteiger partial charge in [0.2, 0.25) is 0 Å². The highest BCUT2D eigenvalue weighted by Gasteiger charge is 2.17. The van der Waals surface area contributed by atoms with Crippen LogP contribution in [0.2, 0.25) is 0 Å². The molecule has 0 unspecified atom stereocenters. The van der Waals surface area contributed by atoms with E-state index < -0.39 is 0 Å². The topological polar surface area (TPSA) is 94.6 Å². The van der Waals surface area contributed by atoms with Crippen molar-refractivity contribution in [3.63, 3.8) is 0 Å². The molecule has 4 heterocycles. The number of H-pyrrole nitrogens is 1. The maximum Gasteiger partial charge on any atom is 0.132 e. The quantitative estimate of drug-likeness (QED) is 0.554. The van der Waals surface area contributed by atoms with Crippen molar-refractivity contribution in [2.75, 3.05) is 18.9 Å². The minimum atomic E-state index is 0.389. The number of nitrogens with zero attached hydrogens (tertiary/aromatic N) is 4. The summed E-state index contributed by atoms with van der Waals surface area (Å²) in [6.07, 6.45) is 7.73. The molecule has 1 fully saturated rings. The Bertz CT molecular complexity index is 1110. The van der Waals surface area contributed by atoms with E-state index in [-0.39, 0.29) is 0 Å². The minimum Gasteiger partial charge on any atom is -0.383 e. The Morgan fingerprint density at radius 3 is 2.66 bits per heavy atom. The highest BCUT2D eigenvalue weighted by atomic mass is 16.5. The van der Waals surface area contributed by atoms with Gasteiger partial charge in [-0.25, -0.2) is 4.98 Å². The van der Waals surface area contributed by atoms with Crippen molar-refractivity contribution in [3.8, 4) is 33.6 Å². The van der Waals surface area contributed by atoms with Crippen LogP contribution in [0.15, 0.2) is 61.1 Å². The van der Waals surface area contributed by atoms with Gasteiger partial charge in [-0.2, -0.15) is 10.2 Å². The van der Waals surface area contributed by atoms with Crippen LogP contribution in [0.1, 0.15) is 18.9 Å². The number of nitrogen functional groups attached to an aromatic ring is 1. The highest BCUT2D eigenvalue weighted by molar-refractivity contribution is 5.79. The molecule has 1 aliphatic heterocycles. The molecule has 3 aromatic heterocycles. The van der Waals surface area contributed by atoms with E-state index in [9.17, 15) is 0 Å². The smallest absolute Gasteiger partial charge is 0.132 e. The number of pyridine rings is 1. The molecule has 1 saturated heterocycles. The number of rotatable bonds is 4. The second-order valence-electron chi connectivity index (χ2n) is 7.24. The first-order chi connectivity index (χ1) is 14.3. The van der Waals surface area contributed by atoms with Gasteiger partial charge in [-0.05, 0) is 25.0 Å². The average molecular weight is 386 g/mol. The Kier molecular flexibility index (Phi) is 4.57. The fourth-order valence-corrected chi connectivity index (χ4v) is 3.70. The maximum atomic E-state index is 6.18. The molecule has 4 aromatic rings. The molecule has 0 saturated carbocycles. The summed E-state index contributed by atoms with van der Waals surface area (Å²) in [5.41, 5.74) is 11.8. The summed E-state index contributed by atoms with van der Waals surface area (Å²) in [7, 11) is 0. The second kappa shape index (κ2) is 7.52. The summed E-state index contributed by atoms with van der Waals surface area (Å²) < 4.78 is 7.49. The van der Waals surface area contributed by atoms with Crippen LogP contribution in [0.3, 0.4) is 0 Å². The lowest BCUT2D eigenvalue weighted by atomic mass is 10.1. The number of aromatic nitrogens is 5. The molecule has 7 nitrogen and oxygen atoms in total. The molecule has 0 radical (unpaired) electrons. The molecule has 0 spiro atoms. The van der Waals surface area contributed by atoms with Crippen LogP contribution in [0.5, 0.6) is 0 Å². The Morgan fingerprint density at radius 2 is 1.83 bits per heavy atom. The molecule has 7 heteroatoms. The molecule has 0 aliphatic carbocycles. The van der Waals surface area contributed by atoms with Crippen LogP contribution in [-0.4, -0.2) is 38.2 Å². The first-order valence-corrected chi connectivity index (χ1v) is 9.77. The number of benzene rings is 1. The number of hydrogen-bond donors (Lipinski definition) is 2. The third kappa shape index (κ3) is 3.52. The lowest BCUT2D eigenvalue weighted by Crippen LogP contribution is -2.19. The summed E-state index contributed by atoms with van der Waals surface area (Å²) in [6, 6.07) is 14.5. The standard InChI is InChI=1S/C22H22N6O/c23-22-19(21-11-20(26-27-21)15-4-2-1-3-5-15)10-16(12-24-22)17-13-25-28(14-17)18-6-8-29-9-7-18/h1-5,10-14,18H,6-9H2,(H2,23,24)(H,26,27). The third-order valence-electron chi connectivity index (χ3n) is 5.36. The zero-order valence-electron chi connectivity index (χ0n) is 16.0. The minimum absolute atomic E-state index is 0.389. The Labute approximate surface area is 168 Å². The van der Waals surface area contributed by atoms with Gasteiger partial charge in [-0.3, -0.25) is 9.78 Å². The number of nitrogens with two attached hydrogens (primary N) is 1. The normalized spacial score (nSPS) is 14.9. The molecule has 0 atom stereocenters. The number of aromatic amines is 1. The van der Waals surface area contributed by atoms with Crippen LogP contribution in [0.4, 0.5) is 5.82 Å². The summed E-state index contributed by atoms with van der Waals surface area (Å²) in [5, 5.41) is 12.1. The predicted octanol–water partition coefficient (Wildman–Crippen LogP) is 3.94. The largest absolute Gasteiger partial charge is 0.383 e. The third-order valence-corrected chi connectivity index (χ3v) is 5.36. The van der Waals surface area contributed by atoms with Gasteiger partial charge >= 0.3 is 0 Å². The molecular weight excluding hydrogens is 364 g/mol. The van der Waals surface area contributed by atoms with E-state index in [2.05, 4.69) is 26.5 Å². The van der Waals surface area contributed by atoms with E-state index in [0.29, 0.717) is 11.9 Å². The van der Waals surface area contributed by atoms with Crippen LogP contribution in [0.25, 0.3) is 33.6 Å². The zero-order valence-corrected chi connectivity index (χ0v) is 16.0. The monoisotopic (exact) mass is 386 g/mol. The number of ether oxygens (including phenoxy) is 1. The van der Waals surface area contributed by atoms with Gasteiger partial charge in [-0.15, -0.1) is 0 Å². The Balaban J connectivity index is 1.45. The molecule has 1 aromatic carbocycles. The summed E-state index contributed by atoms with van der Waals surface area (Å²) in [4.78, 5) is 4.41. The second-order valence-corrected chi connectivity index (χ2v) is 7.24. The van der Waals surface area contributed by atoms with Gasteiger partial charge in [0.05, 0.1) is 23.6 Å². The summed E-state index contributed by atoms with van der Waals surface area (Å²) in [5.74, 6) is 0.467. The van der Waals surface area contributed by atoms with Gasteiger partial charge < -0.3 is 10.5 Å². The van der Waals surface area contributed by atoms with Crippen molar-refractivity contribution in [3.05, 3.63) is 61.1 Å². The SMILES string of the molecule is Nc1ncc(-c2cnn(C3CCOCC3)c2)cc1-c1cc(-c2ccccc2)n[nH]1. The van der Waals surface area contributed by atoms with Crippen molar-refractivity contribution in [2.24, 2.45) is 0 Å². The van der Waals surface area contributed by atoms with Crippen molar-refractivity contribution >= 4 is 5.82 Å². The zero-order chi connectivity index (χ0) is 19.6. The van der Waals surface area contributed by atoms with Crippen LogP contribution < -0.4 is 5.73 Å². The molecule has 5 rings (SSSR count). The molecule has 29 heavy (non-hydrogen) atoms. The van der Waals surface area contributed by atoms with Gasteiger partial charge in [-0.1, -0.05) is 30.3 Å². The highest BCUT2D eigenvalue weighted by Crippen LogP contribution is 2.31. The average Bonchev–Trinajstić information content (AvgIpc) is 3.46. The fourth-order valence-electron chi connectivity index (χ4n) is 3.70. The van der Waals surface area contributed by atoms with Crippen LogP contribution in [-0.2, 0) is 4.74 Å². The van der Waals surface area contributed by atoms with Gasteiger partial charge in [0.1, 0.15) is 5.82 Å². The van der Waals surface area contributed by atoms with E-state index >= 15 is 0 Å². The van der Waals surface area contributed by atoms with E-state index in [1.807, 2.05) is 53.3 Å². The van der Waals surface area contributed by atoms with E-state index in [4.69, 9.17) is 10.5 Å². The molecule has 0 bridgehead atoms. The number of nitrogens with one attached hydrogen (secondary N) is 1. The van der Waals surface area contributed by atoms with Gasteiger partial charge in [0, 0.05) is 47.9 Å². The first kappa shape index (κ1) is 17.6. The van der Waals surface area contributed by atoms with E-state index in [1.165, 1.54) is 0 Å². The fraction of sp³-hybridized carbons (Fsp3) is 0.227. The van der Waals surface area contributed by atoms with Crippen molar-refractivity contribution in [1.82, 2.24) is 25.0 Å². The van der Waals surface area contributed by atoms with Gasteiger partial charge in [0.25, 0.3) is 0 Å². The molecule has 1 aliphatic rings. The Morgan fingerprint density at radius 1 is 1.00 bits per heavy atom. The summed E-state index contributed by atoms with van der Waals surface area (Å²) in [6.45, 7) is 1.58. The lowest BCUT2D eigenvalue weighted by molar-refractivity contribution is 0.0662. The van der Waals surface area contributed by atoms with Crippen molar-refractivity contribution < 1.29 is 4.74 Å². The van der Waals surface area contributed by atoms with Crippen LogP contribution in [0, 0.1) is 0 Å². The Hall–Kier alpha value is -3.45. The molecule has 146 valence electrons. The van der Waals surface area contributed by atoms with E-state index in [1.54, 1.807) is 6.20 Å². The maximum absolute atomic E-state index is 6.18. The first-order valence-electron chi connectivity index (χ1n) is 9.77.